The number of aliphatic hydroxyl groups is 3. The molecule has 0 bridgehead atoms. The molecule has 3 atom stereocenters. The van der Waals surface area contributed by atoms with Crippen LogP contribution in [-0.2, 0) is 9.59 Å². The third-order valence-electron chi connectivity index (χ3n) is 5.04. The van der Waals surface area contributed by atoms with Gasteiger partial charge in [-0.05, 0) is 31.1 Å². The van der Waals surface area contributed by atoms with Crippen LogP contribution >= 0.6 is 0 Å². The third-order valence-corrected chi connectivity index (χ3v) is 5.04. The van der Waals surface area contributed by atoms with E-state index >= 15 is 0 Å². The molecule has 0 radical (unpaired) electrons. The predicted octanol–water partition coefficient (Wildman–Crippen LogP) is 3.19. The molecular formula is C20H34O5. The van der Waals surface area contributed by atoms with Crippen LogP contribution in [0.5, 0.6) is 0 Å². The third kappa shape index (κ3) is 4.50. The number of rotatable bonds is 9. The van der Waals surface area contributed by atoms with Crippen LogP contribution in [0.2, 0.25) is 0 Å². The molecule has 0 unspecified atom stereocenters. The van der Waals surface area contributed by atoms with Gasteiger partial charge in [-0.3, -0.25) is 9.59 Å². The maximum atomic E-state index is 12.8. The number of carbonyl (C=O) groups is 2. The highest BCUT2D eigenvalue weighted by Crippen LogP contribution is 2.44. The van der Waals surface area contributed by atoms with Crippen molar-refractivity contribution in [1.29, 1.82) is 0 Å². The topological polar surface area (TPSA) is 94.8 Å². The van der Waals surface area contributed by atoms with Crippen molar-refractivity contribution in [3.8, 4) is 0 Å². The number of hydrogen-bond acceptors (Lipinski definition) is 5. The highest BCUT2D eigenvalue weighted by Gasteiger charge is 2.58. The van der Waals surface area contributed by atoms with Crippen LogP contribution in [0.25, 0.3) is 0 Å². The lowest BCUT2D eigenvalue weighted by Crippen LogP contribution is -2.49. The first kappa shape index (κ1) is 21.8. The smallest absolute Gasteiger partial charge is 0.176 e. The van der Waals surface area contributed by atoms with Gasteiger partial charge in [0.1, 0.15) is 11.3 Å². The molecule has 0 aliphatic heterocycles. The number of hydrogen-bond donors (Lipinski definition) is 3. The van der Waals surface area contributed by atoms with Gasteiger partial charge in [0, 0.05) is 5.92 Å². The van der Waals surface area contributed by atoms with Gasteiger partial charge in [0.25, 0.3) is 0 Å². The average Bonchev–Trinajstić information content (AvgIpc) is 2.69. The maximum absolute atomic E-state index is 12.8. The zero-order valence-electron chi connectivity index (χ0n) is 16.4. The summed E-state index contributed by atoms with van der Waals surface area (Å²) < 4.78 is 0. The quantitative estimate of drug-likeness (QED) is 0.553. The van der Waals surface area contributed by atoms with Gasteiger partial charge in [0.2, 0.25) is 0 Å². The minimum absolute atomic E-state index is 0.257. The molecule has 0 amide bonds. The summed E-state index contributed by atoms with van der Waals surface area (Å²) in [7, 11) is 0. The van der Waals surface area contributed by atoms with E-state index in [1.165, 1.54) is 0 Å². The van der Waals surface area contributed by atoms with Crippen LogP contribution in [0.15, 0.2) is 11.3 Å². The summed E-state index contributed by atoms with van der Waals surface area (Å²) in [5.41, 5.74) is -2.39. The first-order chi connectivity index (χ1) is 11.4. The molecule has 0 aromatic heterocycles. The van der Waals surface area contributed by atoms with Crippen LogP contribution < -0.4 is 0 Å². The Morgan fingerprint density at radius 1 is 1.04 bits per heavy atom. The van der Waals surface area contributed by atoms with E-state index in [2.05, 4.69) is 0 Å². The van der Waals surface area contributed by atoms with Crippen molar-refractivity contribution < 1.29 is 24.9 Å². The number of ketones is 2. The zero-order chi connectivity index (χ0) is 19.5. The summed E-state index contributed by atoms with van der Waals surface area (Å²) in [6.45, 7) is 11.3. The van der Waals surface area contributed by atoms with E-state index in [0.717, 1.165) is 0 Å². The van der Waals surface area contributed by atoms with Crippen LogP contribution in [0.4, 0.5) is 0 Å². The summed E-state index contributed by atoms with van der Waals surface area (Å²) in [5.74, 6) is -2.49. The molecule has 0 fully saturated rings. The summed E-state index contributed by atoms with van der Waals surface area (Å²) >= 11 is 0. The lowest BCUT2D eigenvalue weighted by Gasteiger charge is -2.34. The van der Waals surface area contributed by atoms with Gasteiger partial charge < -0.3 is 15.3 Å². The second-order valence-electron chi connectivity index (χ2n) is 8.44. The summed E-state index contributed by atoms with van der Waals surface area (Å²) in [5, 5.41) is 32.4. The first-order valence-corrected chi connectivity index (χ1v) is 9.37. The zero-order valence-corrected chi connectivity index (χ0v) is 16.4. The Morgan fingerprint density at radius 3 is 2.00 bits per heavy atom. The fourth-order valence-electron chi connectivity index (χ4n) is 3.34. The van der Waals surface area contributed by atoms with Crippen molar-refractivity contribution in [2.24, 2.45) is 23.7 Å². The second kappa shape index (κ2) is 8.45. The van der Waals surface area contributed by atoms with Crippen LogP contribution in [-0.4, -0.2) is 38.6 Å². The minimum Gasteiger partial charge on any atom is -0.508 e. The van der Waals surface area contributed by atoms with Gasteiger partial charge in [-0.15, -0.1) is 0 Å². The minimum atomic E-state index is -2.07. The normalized spacial score (nSPS) is 25.6. The van der Waals surface area contributed by atoms with Gasteiger partial charge in [0.15, 0.2) is 17.2 Å². The van der Waals surface area contributed by atoms with Crippen LogP contribution in [0, 0.1) is 23.7 Å². The maximum Gasteiger partial charge on any atom is 0.176 e. The van der Waals surface area contributed by atoms with Crippen LogP contribution in [0.1, 0.15) is 67.2 Å². The Kier molecular flexibility index (Phi) is 7.39. The van der Waals surface area contributed by atoms with E-state index in [1.54, 1.807) is 13.8 Å². The lowest BCUT2D eigenvalue weighted by molar-refractivity contribution is -0.137. The van der Waals surface area contributed by atoms with E-state index in [0.29, 0.717) is 31.1 Å². The molecule has 1 aliphatic rings. The summed E-state index contributed by atoms with van der Waals surface area (Å²) in [4.78, 5) is 25.2. The van der Waals surface area contributed by atoms with Crippen molar-refractivity contribution in [3.05, 3.63) is 11.3 Å². The molecule has 5 heteroatoms. The molecular weight excluding hydrogens is 320 g/mol. The van der Waals surface area contributed by atoms with Crippen molar-refractivity contribution in [1.82, 2.24) is 0 Å². The Bertz CT molecular complexity index is 532. The number of Topliss-reactive ketones (excluding diaryl/α,β-unsaturated/α-hetero) is 2. The Hall–Kier alpha value is -1.20. The molecule has 144 valence electrons. The second-order valence-corrected chi connectivity index (χ2v) is 8.44. The van der Waals surface area contributed by atoms with E-state index in [4.69, 9.17) is 0 Å². The predicted molar refractivity (Wildman–Crippen MR) is 97.1 cm³/mol. The SMILES string of the molecule is CC(C)CC[C@@H](O)[C@]1(O)C(O)=C(C(=O)C(C)C)C(=O)[C@H]1CCC(C)C. The highest BCUT2D eigenvalue weighted by molar-refractivity contribution is 6.24. The van der Waals surface area contributed by atoms with Gasteiger partial charge in [-0.2, -0.15) is 0 Å². The molecule has 0 aromatic rings. The molecule has 25 heavy (non-hydrogen) atoms. The standard InChI is InChI=1S/C20H34O5/c1-11(2)7-9-14-18(23)16(17(22)13(5)6)19(24)20(14,25)15(21)10-8-12(3)4/h11-15,21,24-25H,7-10H2,1-6H3/t14-,15-,20+/m1/s1. The fourth-order valence-corrected chi connectivity index (χ4v) is 3.34. The first-order valence-electron chi connectivity index (χ1n) is 9.37. The van der Waals surface area contributed by atoms with Crippen molar-refractivity contribution in [2.45, 2.75) is 78.9 Å². The average molecular weight is 354 g/mol. The van der Waals surface area contributed by atoms with Gasteiger partial charge in [-0.1, -0.05) is 48.0 Å². The van der Waals surface area contributed by atoms with Gasteiger partial charge >= 0.3 is 0 Å². The lowest BCUT2D eigenvalue weighted by atomic mass is 9.78. The highest BCUT2D eigenvalue weighted by atomic mass is 16.4. The van der Waals surface area contributed by atoms with Crippen molar-refractivity contribution >= 4 is 11.6 Å². The summed E-state index contributed by atoms with van der Waals surface area (Å²) in [6.07, 6.45) is 0.604. The number of aliphatic hydroxyl groups excluding tert-OH is 2. The van der Waals surface area contributed by atoms with Crippen molar-refractivity contribution in [3.63, 3.8) is 0 Å². The molecule has 0 aromatic carbocycles. The summed E-state index contributed by atoms with van der Waals surface area (Å²) in [6, 6.07) is 0. The molecule has 0 spiro atoms. The molecule has 1 aliphatic carbocycles. The molecule has 0 heterocycles. The fraction of sp³-hybridized carbons (Fsp3) is 0.800. The molecule has 5 nitrogen and oxygen atoms in total. The van der Waals surface area contributed by atoms with E-state index < -0.39 is 40.9 Å². The Labute approximate surface area is 151 Å². The Balaban J connectivity index is 3.27. The van der Waals surface area contributed by atoms with E-state index in [1.807, 2.05) is 27.7 Å². The van der Waals surface area contributed by atoms with Gasteiger partial charge in [-0.25, -0.2) is 0 Å². The van der Waals surface area contributed by atoms with E-state index in [-0.39, 0.29) is 12.0 Å². The van der Waals surface area contributed by atoms with Crippen LogP contribution in [0.3, 0.4) is 0 Å². The van der Waals surface area contributed by atoms with Crippen molar-refractivity contribution in [2.75, 3.05) is 0 Å². The molecule has 1 rings (SSSR count). The number of allylic oxidation sites excluding steroid dienone is 1. The Morgan fingerprint density at radius 2 is 1.56 bits per heavy atom. The van der Waals surface area contributed by atoms with Gasteiger partial charge in [0.05, 0.1) is 12.0 Å². The largest absolute Gasteiger partial charge is 0.508 e. The molecule has 0 saturated carbocycles. The molecule has 0 saturated heterocycles. The van der Waals surface area contributed by atoms with E-state index in [9.17, 15) is 24.9 Å². The monoisotopic (exact) mass is 354 g/mol. The molecule has 3 N–H and O–H groups in total. The number of carbonyl (C=O) groups excluding carboxylic acids is 2.